The Labute approximate surface area is 125 Å². The normalized spacial score (nSPS) is 17.1. The predicted molar refractivity (Wildman–Crippen MR) is 82.6 cm³/mol. The first-order valence-corrected chi connectivity index (χ1v) is 7.24. The molecular formula is C15H21N6. The summed E-state index contributed by atoms with van der Waals surface area (Å²) in [6.07, 6.45) is 3.74. The van der Waals surface area contributed by atoms with Crippen LogP contribution < -0.4 is 15.5 Å². The van der Waals surface area contributed by atoms with E-state index in [1.54, 1.807) is 0 Å². The van der Waals surface area contributed by atoms with Gasteiger partial charge in [-0.1, -0.05) is 6.07 Å². The lowest BCUT2D eigenvalue weighted by Crippen LogP contribution is -2.34. The fourth-order valence-electron chi connectivity index (χ4n) is 2.46. The summed E-state index contributed by atoms with van der Waals surface area (Å²) >= 11 is 0. The van der Waals surface area contributed by atoms with Gasteiger partial charge in [0.25, 0.3) is 0 Å². The minimum absolute atomic E-state index is 0.506. The van der Waals surface area contributed by atoms with E-state index in [-0.39, 0.29) is 0 Å². The summed E-state index contributed by atoms with van der Waals surface area (Å²) in [7, 11) is 3.99. The van der Waals surface area contributed by atoms with Gasteiger partial charge in [-0.15, -0.1) is 0 Å². The number of rotatable bonds is 5. The van der Waals surface area contributed by atoms with E-state index in [9.17, 15) is 0 Å². The molecule has 1 aliphatic heterocycles. The summed E-state index contributed by atoms with van der Waals surface area (Å²) in [6.45, 7) is 3.59. The molecule has 21 heavy (non-hydrogen) atoms. The van der Waals surface area contributed by atoms with Crippen molar-refractivity contribution in [2.75, 3.05) is 32.1 Å². The Kier molecular flexibility index (Phi) is 4.06. The molecule has 0 aliphatic carbocycles. The van der Waals surface area contributed by atoms with Crippen molar-refractivity contribution in [2.45, 2.75) is 13.1 Å². The van der Waals surface area contributed by atoms with E-state index < -0.39 is 0 Å². The van der Waals surface area contributed by atoms with Gasteiger partial charge in [-0.2, -0.15) is 5.10 Å². The fourth-order valence-corrected chi connectivity index (χ4v) is 2.46. The molecule has 2 aromatic heterocycles. The minimum Gasteiger partial charge on any atom is -0.363 e. The zero-order valence-corrected chi connectivity index (χ0v) is 12.5. The van der Waals surface area contributed by atoms with Crippen molar-refractivity contribution in [3.8, 4) is 0 Å². The van der Waals surface area contributed by atoms with Gasteiger partial charge in [0.2, 0.25) is 0 Å². The van der Waals surface area contributed by atoms with E-state index in [1.165, 1.54) is 5.56 Å². The van der Waals surface area contributed by atoms with Crippen molar-refractivity contribution in [1.29, 1.82) is 0 Å². The van der Waals surface area contributed by atoms with Crippen molar-refractivity contribution in [1.82, 2.24) is 25.4 Å². The molecule has 111 valence electrons. The molecule has 0 bridgehead atoms. The first-order valence-electron chi connectivity index (χ1n) is 7.24. The molecular weight excluding hydrogens is 264 g/mol. The largest absolute Gasteiger partial charge is 0.363 e. The quantitative estimate of drug-likeness (QED) is 0.890. The molecule has 1 unspecified atom stereocenters. The number of pyridine rings is 1. The second kappa shape index (κ2) is 6.13. The highest BCUT2D eigenvalue weighted by atomic mass is 15.3. The van der Waals surface area contributed by atoms with Crippen LogP contribution in [0.1, 0.15) is 5.56 Å². The second-order valence-electron chi connectivity index (χ2n) is 5.63. The molecule has 0 spiro atoms. The topological polar surface area (TPSA) is 60.1 Å². The third kappa shape index (κ3) is 3.33. The highest BCUT2D eigenvalue weighted by Crippen LogP contribution is 2.16. The molecule has 1 atom stereocenters. The fraction of sp³-hybridized carbons (Fsp3) is 0.467. The number of hydrogen-bond acceptors (Lipinski definition) is 4. The van der Waals surface area contributed by atoms with Crippen LogP contribution >= 0.6 is 0 Å². The van der Waals surface area contributed by atoms with Crippen LogP contribution in [0.4, 0.5) is 11.6 Å². The Bertz CT molecular complexity index is 574. The first kappa shape index (κ1) is 13.9. The lowest BCUT2D eigenvalue weighted by molar-refractivity contribution is 0.352. The van der Waals surface area contributed by atoms with E-state index >= 15 is 0 Å². The number of aromatic nitrogens is 3. The van der Waals surface area contributed by atoms with Gasteiger partial charge in [-0.05, 0) is 11.6 Å². The Hall–Kier alpha value is -2.08. The summed E-state index contributed by atoms with van der Waals surface area (Å²) in [5.41, 5.74) is 1.20. The lowest BCUT2D eigenvalue weighted by Gasteiger charge is -2.23. The van der Waals surface area contributed by atoms with E-state index in [0.717, 1.165) is 37.8 Å². The summed E-state index contributed by atoms with van der Waals surface area (Å²) in [6, 6.07) is 6.12. The molecule has 0 aromatic carbocycles. The highest BCUT2D eigenvalue weighted by Gasteiger charge is 2.18. The summed E-state index contributed by atoms with van der Waals surface area (Å²) in [5.74, 6) is 2.48. The zero-order valence-electron chi connectivity index (χ0n) is 12.5. The molecule has 3 heterocycles. The molecule has 3 rings (SSSR count). The third-order valence-electron chi connectivity index (χ3n) is 3.67. The molecule has 0 saturated heterocycles. The SMILES string of the molecule is CN(C)c1ccc(CNCC2C[N]c3ccnn3C2)cn1. The standard InChI is InChI=1S/C15H21N6/c1-20(2)14-4-3-12(9-17-14)7-16-8-13-10-18-15-5-6-19-21(15)11-13/h3-6,9,13,16H,7-8,10-11H2,1-2H3. The molecule has 2 aromatic rings. The van der Waals surface area contributed by atoms with Crippen LogP contribution in [0.5, 0.6) is 0 Å². The van der Waals surface area contributed by atoms with Gasteiger partial charge < -0.3 is 10.2 Å². The first-order chi connectivity index (χ1) is 10.2. The van der Waals surface area contributed by atoms with E-state index in [4.69, 9.17) is 0 Å². The zero-order chi connectivity index (χ0) is 14.7. The predicted octanol–water partition coefficient (Wildman–Crippen LogP) is 1.000. The van der Waals surface area contributed by atoms with E-state index in [0.29, 0.717) is 5.92 Å². The molecule has 0 saturated carbocycles. The Morgan fingerprint density at radius 3 is 3.00 bits per heavy atom. The summed E-state index contributed by atoms with van der Waals surface area (Å²) < 4.78 is 1.98. The Morgan fingerprint density at radius 2 is 2.24 bits per heavy atom. The Balaban J connectivity index is 1.46. The maximum Gasteiger partial charge on any atom is 0.145 e. The van der Waals surface area contributed by atoms with Crippen molar-refractivity contribution in [3.05, 3.63) is 36.2 Å². The van der Waals surface area contributed by atoms with Gasteiger partial charge in [-0.25, -0.2) is 9.67 Å². The minimum atomic E-state index is 0.506. The highest BCUT2D eigenvalue weighted by molar-refractivity contribution is 5.37. The third-order valence-corrected chi connectivity index (χ3v) is 3.67. The lowest BCUT2D eigenvalue weighted by atomic mass is 10.1. The maximum atomic E-state index is 4.53. The number of nitrogens with zero attached hydrogens (tertiary/aromatic N) is 5. The van der Waals surface area contributed by atoms with Crippen LogP contribution in [0, 0.1) is 5.92 Å². The molecule has 0 fully saturated rings. The molecule has 6 heteroatoms. The molecule has 1 radical (unpaired) electrons. The van der Waals surface area contributed by atoms with E-state index in [2.05, 4.69) is 26.8 Å². The maximum absolute atomic E-state index is 4.53. The van der Waals surface area contributed by atoms with Crippen LogP contribution in [-0.4, -0.2) is 41.9 Å². The molecule has 0 amide bonds. The van der Waals surface area contributed by atoms with Gasteiger partial charge >= 0.3 is 0 Å². The van der Waals surface area contributed by atoms with Crippen LogP contribution in [-0.2, 0) is 13.1 Å². The van der Waals surface area contributed by atoms with Gasteiger partial charge in [-0.3, -0.25) is 5.32 Å². The second-order valence-corrected chi connectivity index (χ2v) is 5.63. The van der Waals surface area contributed by atoms with Crippen molar-refractivity contribution >= 4 is 11.6 Å². The number of hydrogen-bond donors (Lipinski definition) is 1. The van der Waals surface area contributed by atoms with Gasteiger partial charge in [0.15, 0.2) is 0 Å². The van der Waals surface area contributed by atoms with Gasteiger partial charge in [0, 0.05) is 58.5 Å². The molecule has 1 aliphatic rings. The Morgan fingerprint density at radius 1 is 1.33 bits per heavy atom. The van der Waals surface area contributed by atoms with Gasteiger partial charge in [0.05, 0.1) is 6.20 Å². The summed E-state index contributed by atoms with van der Waals surface area (Å²) in [4.78, 5) is 6.42. The number of nitrogens with one attached hydrogen (secondary N) is 1. The smallest absolute Gasteiger partial charge is 0.145 e. The van der Waals surface area contributed by atoms with E-state index in [1.807, 2.05) is 48.2 Å². The summed E-state index contributed by atoms with van der Waals surface area (Å²) in [5, 5.41) is 12.3. The average molecular weight is 285 g/mol. The van der Waals surface area contributed by atoms with Crippen LogP contribution in [0.3, 0.4) is 0 Å². The number of anilines is 1. The van der Waals surface area contributed by atoms with Crippen molar-refractivity contribution in [3.63, 3.8) is 0 Å². The molecule has 1 N–H and O–H groups in total. The van der Waals surface area contributed by atoms with Crippen LogP contribution in [0.2, 0.25) is 0 Å². The van der Waals surface area contributed by atoms with Crippen LogP contribution in [0.15, 0.2) is 30.6 Å². The number of fused-ring (bicyclic) bond motifs is 1. The van der Waals surface area contributed by atoms with Crippen LogP contribution in [0.25, 0.3) is 0 Å². The van der Waals surface area contributed by atoms with Crippen molar-refractivity contribution in [2.24, 2.45) is 5.92 Å². The monoisotopic (exact) mass is 285 g/mol. The van der Waals surface area contributed by atoms with Gasteiger partial charge in [0.1, 0.15) is 11.6 Å². The average Bonchev–Trinajstić information content (AvgIpc) is 2.95. The molecule has 6 nitrogen and oxygen atoms in total. The van der Waals surface area contributed by atoms with Crippen molar-refractivity contribution < 1.29 is 0 Å².